The van der Waals surface area contributed by atoms with Crippen LogP contribution in [0.1, 0.15) is 0 Å². The van der Waals surface area contributed by atoms with Crippen LogP contribution in [0.15, 0.2) is 23.1 Å². The minimum absolute atomic E-state index is 0.0423. The zero-order chi connectivity index (χ0) is 9.84. The molecule has 1 aromatic rings. The zero-order valence-corrected chi connectivity index (χ0v) is 8.26. The SMILES string of the molecule is COc1ccc(SCl)c([N+](=O)[O-])c1. The molecule has 0 spiro atoms. The number of nitro benzene ring substituents is 1. The van der Waals surface area contributed by atoms with Crippen molar-refractivity contribution in [2.45, 2.75) is 4.90 Å². The highest BCUT2D eigenvalue weighted by Gasteiger charge is 2.14. The highest BCUT2D eigenvalue weighted by Crippen LogP contribution is 2.34. The molecular weight excluding hydrogens is 214 g/mol. The highest BCUT2D eigenvalue weighted by atomic mass is 35.7. The Balaban J connectivity index is 3.18. The number of rotatable bonds is 3. The summed E-state index contributed by atoms with van der Waals surface area (Å²) >= 11 is 0. The van der Waals surface area contributed by atoms with Crippen LogP contribution in [-0.2, 0) is 0 Å². The van der Waals surface area contributed by atoms with E-state index in [-0.39, 0.29) is 5.69 Å². The van der Waals surface area contributed by atoms with Gasteiger partial charge in [-0.05, 0) is 33.8 Å². The molecule has 0 unspecified atom stereocenters. The maximum atomic E-state index is 10.5. The lowest BCUT2D eigenvalue weighted by Crippen LogP contribution is -1.91. The lowest BCUT2D eigenvalue weighted by Gasteiger charge is -2.01. The third kappa shape index (κ3) is 2.26. The number of nitro groups is 1. The van der Waals surface area contributed by atoms with Crippen molar-refractivity contribution in [3.8, 4) is 5.75 Å². The predicted octanol–water partition coefficient (Wildman–Crippen LogP) is 2.85. The van der Waals surface area contributed by atoms with Crippen LogP contribution in [0.4, 0.5) is 5.69 Å². The Labute approximate surface area is 83.5 Å². The van der Waals surface area contributed by atoms with Gasteiger partial charge in [0.25, 0.3) is 5.69 Å². The maximum Gasteiger partial charge on any atom is 0.287 e. The molecule has 0 amide bonds. The van der Waals surface area contributed by atoms with Gasteiger partial charge in [-0.15, -0.1) is 0 Å². The quantitative estimate of drug-likeness (QED) is 0.580. The first-order valence-corrected chi connectivity index (χ1v) is 4.94. The van der Waals surface area contributed by atoms with E-state index in [2.05, 4.69) is 0 Å². The van der Waals surface area contributed by atoms with Crippen molar-refractivity contribution in [1.82, 2.24) is 0 Å². The van der Waals surface area contributed by atoms with Crippen LogP contribution in [-0.4, -0.2) is 12.0 Å². The van der Waals surface area contributed by atoms with Crippen molar-refractivity contribution >= 4 is 27.3 Å². The lowest BCUT2D eigenvalue weighted by molar-refractivity contribution is -0.387. The van der Waals surface area contributed by atoms with Gasteiger partial charge in [0.05, 0.1) is 18.1 Å². The molecule has 4 nitrogen and oxygen atoms in total. The summed E-state index contributed by atoms with van der Waals surface area (Å²) in [5.74, 6) is 0.446. The molecule has 0 atom stereocenters. The van der Waals surface area contributed by atoms with E-state index >= 15 is 0 Å². The monoisotopic (exact) mass is 219 g/mol. The molecule has 0 fully saturated rings. The number of hydrogen-bond acceptors (Lipinski definition) is 4. The Morgan fingerprint density at radius 2 is 2.31 bits per heavy atom. The molecule has 0 bridgehead atoms. The average Bonchev–Trinajstić information content (AvgIpc) is 2.16. The molecule has 70 valence electrons. The van der Waals surface area contributed by atoms with Crippen molar-refractivity contribution in [2.75, 3.05) is 7.11 Å². The first-order chi connectivity index (χ1) is 6.19. The molecule has 0 aliphatic carbocycles. The Kier molecular flexibility index (Phi) is 3.39. The molecule has 0 radical (unpaired) electrons. The minimum Gasteiger partial charge on any atom is -0.497 e. The molecule has 0 heterocycles. The number of methoxy groups -OCH3 is 1. The van der Waals surface area contributed by atoms with Gasteiger partial charge >= 0.3 is 0 Å². The normalized spacial score (nSPS) is 9.69. The van der Waals surface area contributed by atoms with Crippen molar-refractivity contribution in [1.29, 1.82) is 0 Å². The molecule has 0 aliphatic heterocycles. The van der Waals surface area contributed by atoms with Gasteiger partial charge in [0.15, 0.2) is 0 Å². The third-order valence-corrected chi connectivity index (χ3v) is 2.46. The second-order valence-electron chi connectivity index (χ2n) is 2.17. The molecule has 1 aromatic carbocycles. The van der Waals surface area contributed by atoms with E-state index in [0.29, 0.717) is 10.6 Å². The van der Waals surface area contributed by atoms with Crippen molar-refractivity contribution in [3.63, 3.8) is 0 Å². The number of benzene rings is 1. The Morgan fingerprint density at radius 1 is 1.62 bits per heavy atom. The summed E-state index contributed by atoms with van der Waals surface area (Å²) in [7, 11) is 7.71. The number of nitrogens with zero attached hydrogens (tertiary/aromatic N) is 1. The summed E-state index contributed by atoms with van der Waals surface area (Å²) in [5, 5.41) is 10.5. The number of halogens is 1. The molecule has 0 aromatic heterocycles. The molecule has 0 saturated carbocycles. The fourth-order valence-corrected chi connectivity index (χ4v) is 1.56. The molecule has 0 saturated heterocycles. The molecule has 0 N–H and O–H groups in total. The first-order valence-electron chi connectivity index (χ1n) is 3.30. The summed E-state index contributed by atoms with van der Waals surface area (Å²) in [6.45, 7) is 0. The standard InChI is InChI=1S/C7H6ClNO3S/c1-12-5-2-3-7(13-8)6(4-5)9(10)11/h2-4H,1H3. The number of ether oxygens (including phenoxy) is 1. The van der Waals surface area contributed by atoms with Crippen molar-refractivity contribution < 1.29 is 9.66 Å². The topological polar surface area (TPSA) is 52.4 Å². The maximum absolute atomic E-state index is 10.5. The van der Waals surface area contributed by atoms with E-state index in [1.807, 2.05) is 0 Å². The van der Waals surface area contributed by atoms with Gasteiger partial charge in [-0.2, -0.15) is 0 Å². The largest absolute Gasteiger partial charge is 0.497 e. The molecule has 0 aliphatic rings. The smallest absolute Gasteiger partial charge is 0.287 e. The van der Waals surface area contributed by atoms with Gasteiger partial charge in [0, 0.05) is 0 Å². The van der Waals surface area contributed by atoms with E-state index < -0.39 is 4.92 Å². The Hall–Kier alpha value is -0.940. The van der Waals surface area contributed by atoms with E-state index in [1.54, 1.807) is 12.1 Å². The van der Waals surface area contributed by atoms with Crippen molar-refractivity contribution in [2.24, 2.45) is 0 Å². The van der Waals surface area contributed by atoms with E-state index in [1.165, 1.54) is 13.2 Å². The summed E-state index contributed by atoms with van der Waals surface area (Å²) in [4.78, 5) is 10.4. The van der Waals surface area contributed by atoms with E-state index in [4.69, 9.17) is 15.4 Å². The van der Waals surface area contributed by atoms with Gasteiger partial charge in [-0.1, -0.05) is 0 Å². The van der Waals surface area contributed by atoms with Crippen LogP contribution in [0.2, 0.25) is 0 Å². The van der Waals surface area contributed by atoms with Crippen LogP contribution in [0.5, 0.6) is 5.75 Å². The molecule has 1 rings (SSSR count). The fourth-order valence-electron chi connectivity index (χ4n) is 0.832. The highest BCUT2D eigenvalue weighted by molar-refractivity contribution is 8.21. The van der Waals surface area contributed by atoms with Crippen molar-refractivity contribution in [3.05, 3.63) is 28.3 Å². The second-order valence-corrected chi connectivity index (χ2v) is 3.22. The third-order valence-electron chi connectivity index (χ3n) is 1.45. The molecular formula is C7H6ClNO3S. The first kappa shape index (κ1) is 10.1. The lowest BCUT2D eigenvalue weighted by atomic mass is 10.3. The van der Waals surface area contributed by atoms with Gasteiger partial charge < -0.3 is 4.74 Å². The molecule has 13 heavy (non-hydrogen) atoms. The van der Waals surface area contributed by atoms with E-state index in [9.17, 15) is 10.1 Å². The fraction of sp³-hybridized carbons (Fsp3) is 0.143. The summed E-state index contributed by atoms with van der Waals surface area (Å²) in [6, 6.07) is 4.51. The van der Waals surface area contributed by atoms with Gasteiger partial charge in [-0.25, -0.2) is 0 Å². The van der Waals surface area contributed by atoms with Crippen LogP contribution < -0.4 is 4.74 Å². The second kappa shape index (κ2) is 4.34. The minimum atomic E-state index is -0.493. The molecule has 6 heteroatoms. The van der Waals surface area contributed by atoms with Crippen LogP contribution in [0, 0.1) is 10.1 Å². The number of hydrogen-bond donors (Lipinski definition) is 0. The van der Waals surface area contributed by atoms with Crippen LogP contribution in [0.25, 0.3) is 0 Å². The van der Waals surface area contributed by atoms with Crippen LogP contribution >= 0.6 is 21.7 Å². The zero-order valence-electron chi connectivity index (χ0n) is 6.69. The Bertz CT molecular complexity index is 332. The predicted molar refractivity (Wildman–Crippen MR) is 51.4 cm³/mol. The average molecular weight is 220 g/mol. The summed E-state index contributed by atoms with van der Waals surface area (Å²) in [6.07, 6.45) is 0. The summed E-state index contributed by atoms with van der Waals surface area (Å²) < 4.78 is 4.85. The van der Waals surface area contributed by atoms with Gasteiger partial charge in [-0.3, -0.25) is 10.1 Å². The van der Waals surface area contributed by atoms with Gasteiger partial charge in [0.2, 0.25) is 0 Å². The van der Waals surface area contributed by atoms with E-state index in [0.717, 1.165) is 11.0 Å². The van der Waals surface area contributed by atoms with Gasteiger partial charge in [0.1, 0.15) is 10.6 Å². The Morgan fingerprint density at radius 3 is 2.77 bits per heavy atom. The van der Waals surface area contributed by atoms with Crippen LogP contribution in [0.3, 0.4) is 0 Å². The summed E-state index contributed by atoms with van der Waals surface area (Å²) in [5.41, 5.74) is -0.0423.